The summed E-state index contributed by atoms with van der Waals surface area (Å²) in [6.45, 7) is 5.92. The second-order valence-corrected chi connectivity index (χ2v) is 9.36. The first kappa shape index (κ1) is 22.6. The first-order chi connectivity index (χ1) is 15.5. The average Bonchev–Trinajstić information content (AvgIpc) is 2.81. The summed E-state index contributed by atoms with van der Waals surface area (Å²) < 4.78 is 1.78. The number of hydrogen-bond donors (Lipinski definition) is 1. The van der Waals surface area contributed by atoms with Crippen molar-refractivity contribution in [3.63, 3.8) is 0 Å². The largest absolute Gasteiger partial charge is 0.507 e. The summed E-state index contributed by atoms with van der Waals surface area (Å²) in [5.41, 5.74) is 3.21. The van der Waals surface area contributed by atoms with Gasteiger partial charge in [0.15, 0.2) is 0 Å². The fourth-order valence-electron chi connectivity index (χ4n) is 4.41. The first-order valence-electron chi connectivity index (χ1n) is 11.0. The molecule has 1 fully saturated rings. The number of aryl methyl sites for hydroxylation is 1. The van der Waals surface area contributed by atoms with E-state index in [9.17, 15) is 9.90 Å². The molecule has 1 atom stereocenters. The number of rotatable bonds is 6. The molecular formula is C26H31N3O2S. The molecule has 5 nitrogen and oxygen atoms in total. The Morgan fingerprint density at radius 3 is 2.28 bits per heavy atom. The maximum absolute atomic E-state index is 13.8. The molecule has 0 radical (unpaired) electrons. The van der Waals surface area contributed by atoms with E-state index in [-0.39, 0.29) is 17.4 Å². The summed E-state index contributed by atoms with van der Waals surface area (Å²) in [5.74, 6) is 0.0784. The van der Waals surface area contributed by atoms with Gasteiger partial charge in [-0.05, 0) is 49.6 Å². The van der Waals surface area contributed by atoms with Crippen molar-refractivity contribution in [1.29, 1.82) is 0 Å². The highest BCUT2D eigenvalue weighted by Gasteiger charge is 2.30. The van der Waals surface area contributed by atoms with E-state index in [2.05, 4.69) is 47.4 Å². The van der Waals surface area contributed by atoms with Crippen LogP contribution in [0.25, 0.3) is 0 Å². The molecule has 168 valence electrons. The topological polar surface area (TPSA) is 48.7 Å². The highest BCUT2D eigenvalue weighted by molar-refractivity contribution is 7.98. The van der Waals surface area contributed by atoms with Crippen molar-refractivity contribution < 1.29 is 5.11 Å². The van der Waals surface area contributed by atoms with E-state index in [1.807, 2.05) is 37.3 Å². The summed E-state index contributed by atoms with van der Waals surface area (Å²) >= 11 is 1.70. The van der Waals surface area contributed by atoms with Crippen molar-refractivity contribution in [3.8, 4) is 5.75 Å². The Labute approximate surface area is 194 Å². The third-order valence-electron chi connectivity index (χ3n) is 6.31. The maximum atomic E-state index is 13.8. The van der Waals surface area contributed by atoms with Gasteiger partial charge in [-0.15, -0.1) is 11.8 Å². The number of aromatic nitrogens is 1. The molecule has 2 heterocycles. The molecule has 0 aliphatic carbocycles. The van der Waals surface area contributed by atoms with Crippen LogP contribution in [0.1, 0.15) is 28.4 Å². The number of piperazine rings is 1. The van der Waals surface area contributed by atoms with Crippen molar-refractivity contribution in [2.75, 3.05) is 39.5 Å². The highest BCUT2D eigenvalue weighted by Crippen LogP contribution is 2.34. The van der Waals surface area contributed by atoms with Crippen LogP contribution in [-0.2, 0) is 6.54 Å². The van der Waals surface area contributed by atoms with Gasteiger partial charge in [-0.25, -0.2) is 0 Å². The van der Waals surface area contributed by atoms with Gasteiger partial charge in [0.2, 0.25) is 0 Å². The molecule has 2 aromatic carbocycles. The van der Waals surface area contributed by atoms with Gasteiger partial charge in [-0.3, -0.25) is 9.69 Å². The molecule has 1 aliphatic rings. The van der Waals surface area contributed by atoms with E-state index in [0.717, 1.165) is 43.0 Å². The smallest absolute Gasteiger partial charge is 0.259 e. The molecule has 32 heavy (non-hydrogen) atoms. The number of aromatic hydroxyl groups is 1. The molecule has 6 heteroatoms. The fourth-order valence-corrected chi connectivity index (χ4v) is 4.82. The molecule has 0 bridgehead atoms. The van der Waals surface area contributed by atoms with Gasteiger partial charge < -0.3 is 14.6 Å². The second-order valence-electron chi connectivity index (χ2n) is 8.48. The Kier molecular flexibility index (Phi) is 7.04. The van der Waals surface area contributed by atoms with Crippen molar-refractivity contribution >= 4 is 11.8 Å². The number of benzene rings is 2. The zero-order chi connectivity index (χ0) is 22.7. The van der Waals surface area contributed by atoms with E-state index in [1.54, 1.807) is 22.4 Å². The molecule has 3 aromatic rings. The normalized spacial score (nSPS) is 16.2. The monoisotopic (exact) mass is 449 g/mol. The van der Waals surface area contributed by atoms with Crippen LogP contribution < -0.4 is 5.56 Å². The van der Waals surface area contributed by atoms with Crippen LogP contribution >= 0.6 is 11.8 Å². The van der Waals surface area contributed by atoms with E-state index in [4.69, 9.17) is 0 Å². The molecular weight excluding hydrogens is 418 g/mol. The van der Waals surface area contributed by atoms with Gasteiger partial charge in [0, 0.05) is 36.8 Å². The summed E-state index contributed by atoms with van der Waals surface area (Å²) in [5, 5.41) is 11.0. The van der Waals surface area contributed by atoms with Crippen LogP contribution in [0.15, 0.2) is 70.4 Å². The van der Waals surface area contributed by atoms with Crippen molar-refractivity contribution in [1.82, 2.24) is 14.4 Å². The Hall–Kier alpha value is -2.54. The first-order valence-corrected chi connectivity index (χ1v) is 12.2. The van der Waals surface area contributed by atoms with Crippen LogP contribution in [0, 0.1) is 6.92 Å². The zero-order valence-electron chi connectivity index (χ0n) is 19.0. The number of nitrogens with zero attached hydrogens (tertiary/aromatic N) is 3. The second kappa shape index (κ2) is 9.94. The summed E-state index contributed by atoms with van der Waals surface area (Å²) in [6, 6.07) is 19.8. The molecule has 1 N–H and O–H groups in total. The molecule has 4 rings (SSSR count). The van der Waals surface area contributed by atoms with Gasteiger partial charge in [-0.2, -0.15) is 0 Å². The summed E-state index contributed by atoms with van der Waals surface area (Å²) in [6.07, 6.45) is 2.06. The van der Waals surface area contributed by atoms with Gasteiger partial charge in [-0.1, -0.05) is 42.5 Å². The van der Waals surface area contributed by atoms with Crippen molar-refractivity contribution in [2.24, 2.45) is 0 Å². The van der Waals surface area contributed by atoms with Gasteiger partial charge >= 0.3 is 0 Å². The Morgan fingerprint density at radius 1 is 1.00 bits per heavy atom. The lowest BCUT2D eigenvalue weighted by molar-refractivity contribution is 0.125. The molecule has 0 saturated carbocycles. The molecule has 0 unspecified atom stereocenters. The van der Waals surface area contributed by atoms with E-state index in [0.29, 0.717) is 12.1 Å². The minimum absolute atomic E-state index is 0.0784. The lowest BCUT2D eigenvalue weighted by Gasteiger charge is -2.38. The minimum atomic E-state index is -0.283. The van der Waals surface area contributed by atoms with Crippen LogP contribution in [0.4, 0.5) is 0 Å². The quantitative estimate of drug-likeness (QED) is 0.577. The minimum Gasteiger partial charge on any atom is -0.507 e. The van der Waals surface area contributed by atoms with Gasteiger partial charge in [0.25, 0.3) is 5.56 Å². The third kappa shape index (κ3) is 4.77. The predicted molar refractivity (Wildman–Crippen MR) is 132 cm³/mol. The van der Waals surface area contributed by atoms with Crippen LogP contribution in [0.3, 0.4) is 0 Å². The van der Waals surface area contributed by atoms with E-state index < -0.39 is 0 Å². The highest BCUT2D eigenvalue weighted by atomic mass is 32.2. The molecule has 1 aromatic heterocycles. The van der Waals surface area contributed by atoms with Crippen LogP contribution in [0.2, 0.25) is 0 Å². The van der Waals surface area contributed by atoms with Crippen molar-refractivity contribution in [3.05, 3.63) is 93.4 Å². The number of pyridine rings is 1. The average molecular weight is 450 g/mol. The third-order valence-corrected chi connectivity index (χ3v) is 7.06. The standard InChI is InChI=1S/C26H31N3O2S/c1-19-17-23(30)24(26(31)29(19)18-20-7-5-4-6-8-20)25(28-15-13-27(2)14-16-28)21-9-11-22(32-3)12-10-21/h4-12,17,25,30H,13-16,18H2,1-3H3/t25-/m0/s1. The molecule has 0 amide bonds. The molecule has 0 spiro atoms. The number of hydrogen-bond acceptors (Lipinski definition) is 5. The maximum Gasteiger partial charge on any atom is 0.259 e. The lowest BCUT2D eigenvalue weighted by atomic mass is 9.96. The predicted octanol–water partition coefficient (Wildman–Crippen LogP) is 3.97. The summed E-state index contributed by atoms with van der Waals surface area (Å²) in [4.78, 5) is 19.6. The Balaban J connectivity index is 1.82. The SMILES string of the molecule is CSc1ccc([C@@H](c2c(O)cc(C)n(Cc3ccccc3)c2=O)N2CCN(C)CC2)cc1. The number of thioether (sulfide) groups is 1. The zero-order valence-corrected chi connectivity index (χ0v) is 19.8. The van der Waals surface area contributed by atoms with Gasteiger partial charge in [0.05, 0.1) is 18.2 Å². The molecule has 1 aliphatic heterocycles. The Morgan fingerprint density at radius 2 is 1.66 bits per heavy atom. The van der Waals surface area contributed by atoms with Crippen LogP contribution in [-0.4, -0.2) is 59.0 Å². The summed E-state index contributed by atoms with van der Waals surface area (Å²) in [7, 11) is 2.12. The van der Waals surface area contributed by atoms with Crippen LogP contribution in [0.5, 0.6) is 5.75 Å². The lowest BCUT2D eigenvalue weighted by Crippen LogP contribution is -2.47. The van der Waals surface area contributed by atoms with Gasteiger partial charge in [0.1, 0.15) is 5.75 Å². The fraction of sp³-hybridized carbons (Fsp3) is 0.346. The van der Waals surface area contributed by atoms with E-state index >= 15 is 0 Å². The Bertz CT molecular complexity index is 1100. The van der Waals surface area contributed by atoms with Crippen molar-refractivity contribution in [2.45, 2.75) is 24.4 Å². The number of likely N-dealkylation sites (N-methyl/N-ethyl adjacent to an activating group) is 1. The van der Waals surface area contributed by atoms with E-state index in [1.165, 1.54) is 4.90 Å². The molecule has 1 saturated heterocycles.